The van der Waals surface area contributed by atoms with Crippen LogP contribution in [-0.4, -0.2) is 34.8 Å². The van der Waals surface area contributed by atoms with E-state index in [1.54, 1.807) is 39.9 Å². The molecule has 3 rings (SSSR count). The summed E-state index contributed by atoms with van der Waals surface area (Å²) in [5.74, 6) is 0.0835. The van der Waals surface area contributed by atoms with Gasteiger partial charge in [0.1, 0.15) is 0 Å². The van der Waals surface area contributed by atoms with E-state index in [-0.39, 0.29) is 41.1 Å². The first kappa shape index (κ1) is 22.8. The fourth-order valence-corrected chi connectivity index (χ4v) is 4.89. The van der Waals surface area contributed by atoms with Crippen molar-refractivity contribution in [3.05, 3.63) is 71.9 Å². The molecular formula is C23H29N3O4S. The van der Waals surface area contributed by atoms with Gasteiger partial charge in [-0.05, 0) is 37.5 Å². The highest BCUT2D eigenvalue weighted by atomic mass is 32.2. The van der Waals surface area contributed by atoms with Gasteiger partial charge < -0.3 is 13.9 Å². The molecule has 7 nitrogen and oxygen atoms in total. The number of carbonyl (C=O) groups excluding carboxylic acids is 1. The summed E-state index contributed by atoms with van der Waals surface area (Å²) in [5.41, 5.74) is 1.38. The minimum absolute atomic E-state index is 0.0363. The van der Waals surface area contributed by atoms with Crippen molar-refractivity contribution in [2.45, 2.75) is 57.7 Å². The highest BCUT2D eigenvalue weighted by Gasteiger charge is 2.27. The normalized spacial score (nSPS) is 11.9. The van der Waals surface area contributed by atoms with Crippen molar-refractivity contribution < 1.29 is 17.6 Å². The number of imidazole rings is 1. The molecule has 2 heterocycles. The molecule has 0 N–H and O–H groups in total. The summed E-state index contributed by atoms with van der Waals surface area (Å²) in [6.07, 6.45) is 3.02. The van der Waals surface area contributed by atoms with Gasteiger partial charge >= 0.3 is 0 Å². The van der Waals surface area contributed by atoms with Crippen molar-refractivity contribution in [3.8, 4) is 0 Å². The molecule has 3 aromatic rings. The molecule has 0 fully saturated rings. The average molecular weight is 444 g/mol. The molecule has 0 aliphatic heterocycles. The molecule has 1 aromatic carbocycles. The van der Waals surface area contributed by atoms with Crippen LogP contribution in [0.3, 0.4) is 0 Å². The first-order valence-electron chi connectivity index (χ1n) is 10.3. The predicted octanol–water partition coefficient (Wildman–Crippen LogP) is 4.16. The van der Waals surface area contributed by atoms with Crippen LogP contribution in [-0.2, 0) is 28.7 Å². The van der Waals surface area contributed by atoms with Crippen LogP contribution in [0.15, 0.2) is 64.5 Å². The third-order valence-corrected chi connectivity index (χ3v) is 6.47. The molecule has 2 aromatic heterocycles. The van der Waals surface area contributed by atoms with E-state index >= 15 is 0 Å². The Balaban J connectivity index is 1.95. The van der Waals surface area contributed by atoms with Gasteiger partial charge in [0, 0.05) is 12.6 Å². The molecule has 8 heteroatoms. The van der Waals surface area contributed by atoms with E-state index in [2.05, 4.69) is 4.98 Å². The lowest BCUT2D eigenvalue weighted by Crippen LogP contribution is -2.37. The highest BCUT2D eigenvalue weighted by molar-refractivity contribution is 7.90. The molecule has 31 heavy (non-hydrogen) atoms. The Hall–Kier alpha value is -2.87. The summed E-state index contributed by atoms with van der Waals surface area (Å²) >= 11 is 0. The third-order valence-electron chi connectivity index (χ3n) is 4.88. The first-order chi connectivity index (χ1) is 14.7. The molecule has 1 amide bonds. The smallest absolute Gasteiger partial charge is 0.290 e. The monoisotopic (exact) mass is 443 g/mol. The molecule has 0 saturated carbocycles. The van der Waals surface area contributed by atoms with Crippen molar-refractivity contribution in [2.75, 3.05) is 0 Å². The summed E-state index contributed by atoms with van der Waals surface area (Å²) in [7, 11) is -3.66. The van der Waals surface area contributed by atoms with Crippen LogP contribution in [0.4, 0.5) is 0 Å². The van der Waals surface area contributed by atoms with Gasteiger partial charge in [-0.3, -0.25) is 4.79 Å². The second kappa shape index (κ2) is 9.51. The van der Waals surface area contributed by atoms with Crippen molar-refractivity contribution in [3.63, 3.8) is 0 Å². The molecule has 0 atom stereocenters. The fourth-order valence-electron chi connectivity index (χ4n) is 3.39. The van der Waals surface area contributed by atoms with E-state index in [0.717, 1.165) is 0 Å². The van der Waals surface area contributed by atoms with Crippen LogP contribution in [0.1, 0.15) is 49.5 Å². The zero-order chi connectivity index (χ0) is 22.6. The van der Waals surface area contributed by atoms with Gasteiger partial charge in [0.2, 0.25) is 15.0 Å². The predicted molar refractivity (Wildman–Crippen MR) is 118 cm³/mol. The molecule has 0 aliphatic carbocycles. The average Bonchev–Trinajstić information content (AvgIpc) is 3.36. The lowest BCUT2D eigenvalue weighted by atomic mass is 10.2. The van der Waals surface area contributed by atoms with Gasteiger partial charge in [-0.15, -0.1) is 0 Å². The van der Waals surface area contributed by atoms with Gasteiger partial charge in [-0.1, -0.05) is 44.2 Å². The van der Waals surface area contributed by atoms with Crippen LogP contribution in [0.5, 0.6) is 0 Å². The van der Waals surface area contributed by atoms with Crippen LogP contribution < -0.4 is 0 Å². The number of rotatable bonds is 9. The maximum Gasteiger partial charge on any atom is 0.290 e. The number of amides is 1. The maximum atomic E-state index is 13.2. The number of aromatic nitrogens is 2. The first-order valence-corrected chi connectivity index (χ1v) is 12.0. The summed E-state index contributed by atoms with van der Waals surface area (Å²) in [4.78, 5) is 18.9. The Kier molecular flexibility index (Phi) is 7.00. The van der Waals surface area contributed by atoms with E-state index in [4.69, 9.17) is 4.42 Å². The lowest BCUT2D eigenvalue weighted by molar-refractivity contribution is 0.0652. The van der Waals surface area contributed by atoms with E-state index in [9.17, 15) is 13.2 Å². The summed E-state index contributed by atoms with van der Waals surface area (Å²) in [5, 5.41) is 0.0363. The number of sulfone groups is 1. The molecule has 0 bridgehead atoms. The molecular weight excluding hydrogens is 414 g/mol. The number of hydrogen-bond donors (Lipinski definition) is 0. The van der Waals surface area contributed by atoms with Crippen LogP contribution in [0.2, 0.25) is 0 Å². The Morgan fingerprint density at radius 1 is 1.10 bits per heavy atom. The molecule has 0 saturated heterocycles. The minimum Gasteiger partial charge on any atom is -0.459 e. The lowest BCUT2D eigenvalue weighted by Gasteiger charge is -2.26. The topological polar surface area (TPSA) is 85.4 Å². The van der Waals surface area contributed by atoms with Gasteiger partial charge in [-0.2, -0.15) is 0 Å². The molecule has 0 aliphatic rings. The van der Waals surface area contributed by atoms with Crippen molar-refractivity contribution in [2.24, 2.45) is 5.92 Å². The second-order valence-corrected chi connectivity index (χ2v) is 10.2. The Morgan fingerprint density at radius 3 is 2.39 bits per heavy atom. The fraction of sp³-hybridized carbons (Fsp3) is 0.391. The summed E-state index contributed by atoms with van der Waals surface area (Å²) in [6.45, 7) is 8.59. The molecule has 0 spiro atoms. The Bertz CT molecular complexity index is 1100. The second-order valence-electron chi connectivity index (χ2n) is 8.29. The van der Waals surface area contributed by atoms with Crippen LogP contribution in [0.25, 0.3) is 0 Å². The number of carbonyl (C=O) groups is 1. The van der Waals surface area contributed by atoms with Gasteiger partial charge in [0.05, 0.1) is 30.5 Å². The number of nitrogens with zero attached hydrogens (tertiary/aromatic N) is 3. The van der Waals surface area contributed by atoms with Crippen molar-refractivity contribution in [1.82, 2.24) is 14.5 Å². The van der Waals surface area contributed by atoms with E-state index in [0.29, 0.717) is 17.8 Å². The molecule has 166 valence electrons. The van der Waals surface area contributed by atoms with E-state index < -0.39 is 9.84 Å². The van der Waals surface area contributed by atoms with Crippen molar-refractivity contribution in [1.29, 1.82) is 0 Å². The summed E-state index contributed by atoms with van der Waals surface area (Å²) < 4.78 is 33.4. The Labute approximate surface area is 183 Å². The standard InChI is InChI=1S/C23H29N3O4S/c1-17(2)14-26-20(15-25(18(3)4)22(27)21-11-8-12-30-21)13-24-23(26)31(28,29)16-19-9-6-5-7-10-19/h5-13,17-18H,14-16H2,1-4H3. The number of furan rings is 1. The number of benzene rings is 1. The van der Waals surface area contributed by atoms with Gasteiger partial charge in [-0.25, -0.2) is 13.4 Å². The van der Waals surface area contributed by atoms with Crippen molar-refractivity contribution >= 4 is 15.7 Å². The van der Waals surface area contributed by atoms with Crippen LogP contribution >= 0.6 is 0 Å². The Morgan fingerprint density at radius 2 is 1.81 bits per heavy atom. The quantitative estimate of drug-likeness (QED) is 0.496. The highest BCUT2D eigenvalue weighted by Crippen LogP contribution is 2.22. The van der Waals surface area contributed by atoms with Crippen LogP contribution in [0, 0.1) is 5.92 Å². The van der Waals surface area contributed by atoms with Gasteiger partial charge in [0.15, 0.2) is 5.76 Å². The SMILES string of the molecule is CC(C)Cn1c(CN(C(=O)c2ccco2)C(C)C)cnc1S(=O)(=O)Cc1ccccc1. The largest absolute Gasteiger partial charge is 0.459 e. The minimum atomic E-state index is -3.66. The zero-order valence-electron chi connectivity index (χ0n) is 18.4. The molecule has 0 unspecified atom stereocenters. The maximum absolute atomic E-state index is 13.2. The van der Waals surface area contributed by atoms with Gasteiger partial charge in [0.25, 0.3) is 5.91 Å². The zero-order valence-corrected chi connectivity index (χ0v) is 19.2. The third kappa shape index (κ3) is 5.44. The molecule has 0 radical (unpaired) electrons. The number of hydrogen-bond acceptors (Lipinski definition) is 5. The van der Waals surface area contributed by atoms with E-state index in [1.807, 2.05) is 45.9 Å². The van der Waals surface area contributed by atoms with E-state index in [1.165, 1.54) is 6.26 Å². The summed E-state index contributed by atoms with van der Waals surface area (Å²) in [6, 6.07) is 12.2.